The van der Waals surface area contributed by atoms with Gasteiger partial charge in [0.2, 0.25) is 5.91 Å². The average Bonchev–Trinajstić information content (AvgIpc) is 2.30. The Labute approximate surface area is 110 Å². The lowest BCUT2D eigenvalue weighted by molar-refractivity contribution is -0.118. The summed E-state index contributed by atoms with van der Waals surface area (Å²) in [5.41, 5.74) is 7.33. The number of nitrogens with zero attached hydrogens (tertiary/aromatic N) is 1. The summed E-state index contributed by atoms with van der Waals surface area (Å²) in [4.78, 5) is 16.1. The second-order valence-corrected chi connectivity index (χ2v) is 4.98. The molecule has 0 aliphatic heterocycles. The van der Waals surface area contributed by atoms with E-state index in [-0.39, 0.29) is 11.8 Å². The first-order valence-electron chi connectivity index (χ1n) is 5.65. The highest BCUT2D eigenvalue weighted by molar-refractivity contribution is 9.10. The summed E-state index contributed by atoms with van der Waals surface area (Å²) in [7, 11) is 0. The van der Waals surface area contributed by atoms with Crippen LogP contribution in [-0.2, 0) is 4.79 Å². The highest BCUT2D eigenvalue weighted by Crippen LogP contribution is 2.17. The number of halogens is 1. The summed E-state index contributed by atoms with van der Waals surface area (Å²) in [6.45, 7) is 5.83. The molecule has 0 unspecified atom stereocenters. The largest absolute Gasteiger partial charge is 0.323 e. The molecule has 0 aliphatic carbocycles. The fourth-order valence-corrected chi connectivity index (χ4v) is 1.79. The van der Waals surface area contributed by atoms with Crippen LogP contribution in [0.3, 0.4) is 0 Å². The van der Waals surface area contributed by atoms with Crippen LogP contribution in [0.25, 0.3) is 0 Å². The van der Waals surface area contributed by atoms with Crippen LogP contribution in [0.15, 0.2) is 16.7 Å². The van der Waals surface area contributed by atoms with E-state index in [0.29, 0.717) is 5.69 Å². The molecule has 0 fully saturated rings. The van der Waals surface area contributed by atoms with Crippen molar-refractivity contribution in [3.63, 3.8) is 0 Å². The summed E-state index contributed by atoms with van der Waals surface area (Å²) in [5, 5.41) is 2.81. The Morgan fingerprint density at radius 2 is 2.24 bits per heavy atom. The van der Waals surface area contributed by atoms with Gasteiger partial charge in [0, 0.05) is 0 Å². The molecule has 2 atom stereocenters. The summed E-state index contributed by atoms with van der Waals surface area (Å²) < 4.78 is 0.749. The number of rotatable bonds is 4. The SMILES string of the molecule is CC[C@H](C)[C@H](N)C(=O)Nc1ccc(Br)nc1C. The van der Waals surface area contributed by atoms with Crippen molar-refractivity contribution in [2.75, 3.05) is 5.32 Å². The summed E-state index contributed by atoms with van der Waals surface area (Å²) in [6, 6.07) is 3.12. The predicted molar refractivity (Wildman–Crippen MR) is 72.7 cm³/mol. The number of aryl methyl sites for hydroxylation is 1. The maximum Gasteiger partial charge on any atom is 0.241 e. The number of pyridine rings is 1. The Morgan fingerprint density at radius 1 is 1.59 bits per heavy atom. The molecule has 3 N–H and O–H groups in total. The van der Waals surface area contributed by atoms with Crippen molar-refractivity contribution in [1.29, 1.82) is 0 Å². The van der Waals surface area contributed by atoms with Crippen molar-refractivity contribution < 1.29 is 4.79 Å². The van der Waals surface area contributed by atoms with Crippen molar-refractivity contribution in [3.05, 3.63) is 22.4 Å². The van der Waals surface area contributed by atoms with E-state index in [9.17, 15) is 4.79 Å². The van der Waals surface area contributed by atoms with Crippen LogP contribution in [0, 0.1) is 12.8 Å². The van der Waals surface area contributed by atoms with Gasteiger partial charge in [-0.05, 0) is 40.9 Å². The van der Waals surface area contributed by atoms with E-state index in [1.165, 1.54) is 0 Å². The summed E-state index contributed by atoms with van der Waals surface area (Å²) in [5.74, 6) is 0.00489. The molecule has 5 heteroatoms. The lowest BCUT2D eigenvalue weighted by atomic mass is 9.99. The number of carbonyl (C=O) groups is 1. The average molecular weight is 300 g/mol. The molecule has 0 spiro atoms. The van der Waals surface area contributed by atoms with Gasteiger partial charge in [0.25, 0.3) is 0 Å². The highest BCUT2D eigenvalue weighted by Gasteiger charge is 2.19. The molecule has 0 radical (unpaired) electrons. The first kappa shape index (κ1) is 14.1. The fraction of sp³-hybridized carbons (Fsp3) is 0.500. The van der Waals surface area contributed by atoms with Crippen LogP contribution < -0.4 is 11.1 Å². The molecule has 0 aromatic carbocycles. The van der Waals surface area contributed by atoms with Crippen molar-refractivity contribution in [2.45, 2.75) is 33.2 Å². The van der Waals surface area contributed by atoms with E-state index in [2.05, 4.69) is 26.2 Å². The normalized spacial score (nSPS) is 14.2. The van der Waals surface area contributed by atoms with Crippen molar-refractivity contribution in [1.82, 2.24) is 4.98 Å². The Balaban J connectivity index is 2.74. The lowest BCUT2D eigenvalue weighted by Gasteiger charge is -2.18. The molecular weight excluding hydrogens is 282 g/mol. The molecule has 1 amide bonds. The van der Waals surface area contributed by atoms with Gasteiger partial charge < -0.3 is 11.1 Å². The number of aromatic nitrogens is 1. The van der Waals surface area contributed by atoms with Gasteiger partial charge in [0.1, 0.15) is 4.60 Å². The topological polar surface area (TPSA) is 68.0 Å². The molecule has 0 aliphatic rings. The van der Waals surface area contributed by atoms with Crippen molar-refractivity contribution >= 4 is 27.5 Å². The maximum atomic E-state index is 11.9. The zero-order chi connectivity index (χ0) is 13.0. The first-order valence-corrected chi connectivity index (χ1v) is 6.44. The molecule has 0 saturated heterocycles. The standard InChI is InChI=1S/C12H18BrN3O/c1-4-7(2)11(14)12(17)16-9-5-6-10(13)15-8(9)3/h5-7,11H,4,14H2,1-3H3,(H,16,17)/t7-,11-/m0/s1. The number of hydrogen-bond donors (Lipinski definition) is 2. The fourth-order valence-electron chi connectivity index (χ4n) is 1.39. The van der Waals surface area contributed by atoms with Gasteiger partial charge in [-0.3, -0.25) is 4.79 Å². The molecule has 17 heavy (non-hydrogen) atoms. The molecule has 1 heterocycles. The Kier molecular flexibility index (Phi) is 5.08. The molecule has 0 saturated carbocycles. The quantitative estimate of drug-likeness (QED) is 0.839. The van der Waals surface area contributed by atoms with Gasteiger partial charge in [-0.2, -0.15) is 0 Å². The molecule has 94 valence electrons. The van der Waals surface area contributed by atoms with Gasteiger partial charge in [-0.1, -0.05) is 20.3 Å². The molecular formula is C12H18BrN3O. The number of hydrogen-bond acceptors (Lipinski definition) is 3. The molecule has 1 rings (SSSR count). The molecule has 1 aromatic heterocycles. The number of amides is 1. The maximum absolute atomic E-state index is 11.9. The third kappa shape index (κ3) is 3.78. The van der Waals surface area contributed by atoms with Crippen LogP contribution in [-0.4, -0.2) is 16.9 Å². The summed E-state index contributed by atoms with van der Waals surface area (Å²) in [6.07, 6.45) is 0.881. The van der Waals surface area contributed by atoms with Gasteiger partial charge in [-0.15, -0.1) is 0 Å². The van der Waals surface area contributed by atoms with Crippen molar-refractivity contribution in [3.8, 4) is 0 Å². The van der Waals surface area contributed by atoms with Crippen LogP contribution in [0.5, 0.6) is 0 Å². The zero-order valence-corrected chi connectivity index (χ0v) is 11.9. The van der Waals surface area contributed by atoms with Crippen molar-refractivity contribution in [2.24, 2.45) is 11.7 Å². The minimum atomic E-state index is -0.483. The van der Waals surface area contributed by atoms with Gasteiger partial charge in [0.05, 0.1) is 17.4 Å². The lowest BCUT2D eigenvalue weighted by Crippen LogP contribution is -2.40. The zero-order valence-electron chi connectivity index (χ0n) is 10.3. The number of nitrogens with two attached hydrogens (primary N) is 1. The monoisotopic (exact) mass is 299 g/mol. The van der Waals surface area contributed by atoms with E-state index in [1.807, 2.05) is 26.8 Å². The van der Waals surface area contributed by atoms with Crippen LogP contribution >= 0.6 is 15.9 Å². The Bertz CT molecular complexity index is 409. The van der Waals surface area contributed by atoms with Gasteiger partial charge in [-0.25, -0.2) is 4.98 Å². The van der Waals surface area contributed by atoms with E-state index in [4.69, 9.17) is 5.73 Å². The van der Waals surface area contributed by atoms with E-state index in [0.717, 1.165) is 16.7 Å². The Hall–Kier alpha value is -0.940. The smallest absolute Gasteiger partial charge is 0.241 e. The second-order valence-electron chi connectivity index (χ2n) is 4.17. The predicted octanol–water partition coefficient (Wildman–Crippen LogP) is 2.46. The van der Waals surface area contributed by atoms with E-state index >= 15 is 0 Å². The number of anilines is 1. The minimum Gasteiger partial charge on any atom is -0.323 e. The highest BCUT2D eigenvalue weighted by atomic mass is 79.9. The van der Waals surface area contributed by atoms with E-state index in [1.54, 1.807) is 6.07 Å². The van der Waals surface area contributed by atoms with Gasteiger partial charge >= 0.3 is 0 Å². The third-order valence-electron chi connectivity index (χ3n) is 2.87. The number of carbonyl (C=O) groups excluding carboxylic acids is 1. The van der Waals surface area contributed by atoms with Crippen LogP contribution in [0.1, 0.15) is 26.0 Å². The summed E-state index contributed by atoms with van der Waals surface area (Å²) >= 11 is 3.28. The molecule has 0 bridgehead atoms. The second kappa shape index (κ2) is 6.12. The number of nitrogens with one attached hydrogen (secondary N) is 1. The molecule has 4 nitrogen and oxygen atoms in total. The van der Waals surface area contributed by atoms with Crippen LogP contribution in [0.2, 0.25) is 0 Å². The Morgan fingerprint density at radius 3 is 2.76 bits per heavy atom. The van der Waals surface area contributed by atoms with Crippen LogP contribution in [0.4, 0.5) is 5.69 Å². The molecule has 1 aromatic rings. The van der Waals surface area contributed by atoms with E-state index < -0.39 is 6.04 Å². The minimum absolute atomic E-state index is 0.161. The first-order chi connectivity index (χ1) is 7.95. The van der Waals surface area contributed by atoms with Gasteiger partial charge in [0.15, 0.2) is 0 Å². The third-order valence-corrected chi connectivity index (χ3v) is 3.31.